The van der Waals surface area contributed by atoms with Gasteiger partial charge in [0, 0.05) is 17.3 Å². The molecule has 2 aromatic rings. The van der Waals surface area contributed by atoms with Crippen LogP contribution in [0.1, 0.15) is 10.4 Å². The summed E-state index contributed by atoms with van der Waals surface area (Å²) in [7, 11) is 0. The van der Waals surface area contributed by atoms with E-state index in [4.69, 9.17) is 11.6 Å². The Kier molecular flexibility index (Phi) is 3.94. The zero-order chi connectivity index (χ0) is 14.8. The van der Waals surface area contributed by atoms with E-state index in [-0.39, 0.29) is 10.8 Å². The lowest BCUT2D eigenvalue weighted by Crippen LogP contribution is -2.16. The molecule has 0 atom stereocenters. The van der Waals surface area contributed by atoms with Crippen LogP contribution in [0.15, 0.2) is 36.5 Å². The number of benzene rings is 1. The Balaban J connectivity index is 2.28. The van der Waals surface area contributed by atoms with Gasteiger partial charge < -0.3 is 4.74 Å². The van der Waals surface area contributed by atoms with Gasteiger partial charge in [0.05, 0.1) is 10.7 Å². The molecular weight excluding hydrogens is 295 g/mol. The molecule has 0 N–H and O–H groups in total. The summed E-state index contributed by atoms with van der Waals surface area (Å²) in [6, 6.07) is 6.55. The molecule has 0 aliphatic carbocycles. The fourth-order valence-corrected chi connectivity index (χ4v) is 1.83. The lowest BCUT2D eigenvalue weighted by Gasteiger charge is -2.09. The van der Waals surface area contributed by atoms with Crippen LogP contribution in [0.2, 0.25) is 5.02 Å². The lowest BCUT2D eigenvalue weighted by molar-refractivity contribution is -0.274. The van der Waals surface area contributed by atoms with E-state index in [2.05, 4.69) is 9.72 Å². The summed E-state index contributed by atoms with van der Waals surface area (Å²) in [6.45, 7) is 0. The number of aromatic nitrogens is 1. The summed E-state index contributed by atoms with van der Waals surface area (Å²) in [5, 5.41) is 0.235. The van der Waals surface area contributed by atoms with Crippen LogP contribution in [0, 0.1) is 0 Å². The SMILES string of the molecule is O=Cc1cnc(-c2ccc(OC(F)(F)F)cc2)c(Cl)c1. The highest BCUT2D eigenvalue weighted by molar-refractivity contribution is 6.33. The molecule has 0 amide bonds. The molecule has 0 unspecified atom stereocenters. The van der Waals surface area contributed by atoms with Gasteiger partial charge in [-0.15, -0.1) is 13.2 Å². The topological polar surface area (TPSA) is 39.2 Å². The van der Waals surface area contributed by atoms with E-state index in [1.165, 1.54) is 24.4 Å². The van der Waals surface area contributed by atoms with Crippen LogP contribution < -0.4 is 4.74 Å². The second-order valence-electron chi connectivity index (χ2n) is 3.79. The quantitative estimate of drug-likeness (QED) is 0.801. The summed E-state index contributed by atoms with van der Waals surface area (Å²) in [5.41, 5.74) is 1.20. The number of alkyl halides is 3. The Bertz CT molecular complexity index is 627. The van der Waals surface area contributed by atoms with Crippen molar-refractivity contribution in [1.29, 1.82) is 0 Å². The minimum Gasteiger partial charge on any atom is -0.406 e. The smallest absolute Gasteiger partial charge is 0.406 e. The van der Waals surface area contributed by atoms with Gasteiger partial charge >= 0.3 is 6.36 Å². The number of carbonyl (C=O) groups excluding carboxylic acids is 1. The van der Waals surface area contributed by atoms with Crippen molar-refractivity contribution in [3.63, 3.8) is 0 Å². The van der Waals surface area contributed by atoms with Crippen molar-refractivity contribution in [2.45, 2.75) is 6.36 Å². The maximum absolute atomic E-state index is 12.0. The summed E-state index contributed by atoms with van der Waals surface area (Å²) >= 11 is 5.96. The molecule has 0 saturated heterocycles. The van der Waals surface area contributed by atoms with Gasteiger partial charge in [0.1, 0.15) is 5.75 Å². The van der Waals surface area contributed by atoms with E-state index in [0.29, 0.717) is 23.1 Å². The van der Waals surface area contributed by atoms with Crippen molar-refractivity contribution in [3.8, 4) is 17.0 Å². The summed E-state index contributed by atoms with van der Waals surface area (Å²) in [6.07, 6.45) is -2.81. The number of hydrogen-bond acceptors (Lipinski definition) is 3. The van der Waals surface area contributed by atoms with Crippen molar-refractivity contribution < 1.29 is 22.7 Å². The number of pyridine rings is 1. The molecule has 0 spiro atoms. The van der Waals surface area contributed by atoms with Crippen LogP contribution >= 0.6 is 11.6 Å². The Labute approximate surface area is 117 Å². The van der Waals surface area contributed by atoms with E-state index < -0.39 is 6.36 Å². The molecule has 0 saturated carbocycles. The average Bonchev–Trinajstić information content (AvgIpc) is 2.38. The molecule has 3 nitrogen and oxygen atoms in total. The lowest BCUT2D eigenvalue weighted by atomic mass is 10.1. The van der Waals surface area contributed by atoms with E-state index in [1.54, 1.807) is 0 Å². The van der Waals surface area contributed by atoms with E-state index >= 15 is 0 Å². The highest BCUT2D eigenvalue weighted by atomic mass is 35.5. The maximum Gasteiger partial charge on any atom is 0.573 e. The molecule has 0 bridgehead atoms. The van der Waals surface area contributed by atoms with Gasteiger partial charge in [0.15, 0.2) is 6.29 Å². The van der Waals surface area contributed by atoms with Crippen LogP contribution in [-0.4, -0.2) is 17.6 Å². The van der Waals surface area contributed by atoms with E-state index in [1.807, 2.05) is 0 Å². The van der Waals surface area contributed by atoms with Gasteiger partial charge in [-0.1, -0.05) is 11.6 Å². The maximum atomic E-state index is 12.0. The van der Waals surface area contributed by atoms with Gasteiger partial charge in [0.25, 0.3) is 0 Å². The van der Waals surface area contributed by atoms with Crippen molar-refractivity contribution in [1.82, 2.24) is 4.98 Å². The molecule has 0 aliphatic rings. The highest BCUT2D eigenvalue weighted by Gasteiger charge is 2.30. The molecule has 1 aromatic carbocycles. The Hall–Kier alpha value is -2.08. The Morgan fingerprint density at radius 2 is 1.85 bits per heavy atom. The largest absolute Gasteiger partial charge is 0.573 e. The molecule has 7 heteroatoms. The second-order valence-corrected chi connectivity index (χ2v) is 4.20. The van der Waals surface area contributed by atoms with Crippen molar-refractivity contribution in [3.05, 3.63) is 47.1 Å². The number of nitrogens with zero attached hydrogens (tertiary/aromatic N) is 1. The molecule has 0 fully saturated rings. The number of hydrogen-bond donors (Lipinski definition) is 0. The Morgan fingerprint density at radius 3 is 2.35 bits per heavy atom. The van der Waals surface area contributed by atoms with Gasteiger partial charge in [0.2, 0.25) is 0 Å². The van der Waals surface area contributed by atoms with Gasteiger partial charge in [-0.05, 0) is 30.3 Å². The third-order valence-corrected chi connectivity index (χ3v) is 2.65. The monoisotopic (exact) mass is 301 g/mol. The van der Waals surface area contributed by atoms with Crippen LogP contribution in [0.4, 0.5) is 13.2 Å². The van der Waals surface area contributed by atoms with Crippen molar-refractivity contribution in [2.24, 2.45) is 0 Å². The Morgan fingerprint density at radius 1 is 1.20 bits per heavy atom. The zero-order valence-electron chi connectivity index (χ0n) is 9.82. The average molecular weight is 302 g/mol. The normalized spacial score (nSPS) is 11.2. The van der Waals surface area contributed by atoms with Crippen LogP contribution in [-0.2, 0) is 0 Å². The summed E-state index contributed by atoms with van der Waals surface area (Å²) < 4.78 is 39.8. The van der Waals surface area contributed by atoms with Gasteiger partial charge in [-0.2, -0.15) is 0 Å². The predicted molar refractivity (Wildman–Crippen MR) is 66.8 cm³/mol. The van der Waals surface area contributed by atoms with E-state index in [9.17, 15) is 18.0 Å². The number of carbonyl (C=O) groups is 1. The third kappa shape index (κ3) is 3.48. The molecule has 2 rings (SSSR count). The number of ether oxygens (including phenoxy) is 1. The van der Waals surface area contributed by atoms with Crippen LogP contribution in [0.25, 0.3) is 11.3 Å². The fraction of sp³-hybridized carbons (Fsp3) is 0.0769. The number of halogens is 4. The second kappa shape index (κ2) is 5.50. The number of aldehydes is 1. The first-order valence-electron chi connectivity index (χ1n) is 5.36. The first-order chi connectivity index (χ1) is 9.39. The predicted octanol–water partition coefficient (Wildman–Crippen LogP) is 4.11. The molecular formula is C13H7ClF3NO2. The molecule has 1 heterocycles. The fourth-order valence-electron chi connectivity index (χ4n) is 1.54. The van der Waals surface area contributed by atoms with Crippen molar-refractivity contribution >= 4 is 17.9 Å². The van der Waals surface area contributed by atoms with Crippen LogP contribution in [0.3, 0.4) is 0 Å². The first kappa shape index (κ1) is 14.3. The molecule has 0 aliphatic heterocycles. The van der Waals surface area contributed by atoms with Gasteiger partial charge in [-0.25, -0.2) is 0 Å². The molecule has 0 radical (unpaired) electrons. The summed E-state index contributed by atoms with van der Waals surface area (Å²) in [4.78, 5) is 14.6. The van der Waals surface area contributed by atoms with Gasteiger partial charge in [-0.3, -0.25) is 9.78 Å². The number of rotatable bonds is 3. The van der Waals surface area contributed by atoms with Crippen molar-refractivity contribution in [2.75, 3.05) is 0 Å². The zero-order valence-corrected chi connectivity index (χ0v) is 10.6. The first-order valence-corrected chi connectivity index (χ1v) is 5.74. The minimum absolute atomic E-state index is 0.235. The highest BCUT2D eigenvalue weighted by Crippen LogP contribution is 2.29. The third-order valence-electron chi connectivity index (χ3n) is 2.36. The standard InChI is InChI=1S/C13H7ClF3NO2/c14-11-5-8(7-19)6-18-12(11)9-1-3-10(4-2-9)20-13(15,16)17/h1-7H. The summed E-state index contributed by atoms with van der Waals surface area (Å²) in [5.74, 6) is -0.332. The van der Waals surface area contributed by atoms with E-state index in [0.717, 1.165) is 12.1 Å². The molecule has 20 heavy (non-hydrogen) atoms. The molecule has 1 aromatic heterocycles. The van der Waals surface area contributed by atoms with Crippen LogP contribution in [0.5, 0.6) is 5.75 Å². The molecule has 104 valence electrons. The minimum atomic E-state index is -4.73.